The first-order chi connectivity index (χ1) is 9.20. The maximum Gasteiger partial charge on any atom is 0.416 e. The van der Waals surface area contributed by atoms with E-state index in [2.05, 4.69) is 10.2 Å². The van der Waals surface area contributed by atoms with Gasteiger partial charge in [0.05, 0.1) is 11.3 Å². The van der Waals surface area contributed by atoms with Crippen LogP contribution in [0.1, 0.15) is 11.1 Å². The molecule has 0 aliphatic heterocycles. The molecule has 5 nitrogen and oxygen atoms in total. The topological polar surface area (TPSA) is 85.9 Å². The quantitative estimate of drug-likeness (QED) is 0.935. The van der Waals surface area contributed by atoms with E-state index >= 15 is 0 Å². The van der Waals surface area contributed by atoms with Crippen LogP contribution in [0.2, 0.25) is 0 Å². The smallest absolute Gasteiger partial charge is 0.374 e. The number of benzene rings is 1. The van der Waals surface area contributed by atoms with E-state index in [1.54, 1.807) is 0 Å². The minimum absolute atomic E-state index is 0.0623. The highest BCUT2D eigenvalue weighted by Gasteiger charge is 2.34. The second-order valence-electron chi connectivity index (χ2n) is 3.82. The van der Waals surface area contributed by atoms with Crippen LogP contribution in [0.3, 0.4) is 0 Å². The van der Waals surface area contributed by atoms with Gasteiger partial charge in [0, 0.05) is 0 Å². The third-order valence-electron chi connectivity index (χ3n) is 2.36. The van der Waals surface area contributed by atoms with Gasteiger partial charge in [-0.15, -0.1) is 10.2 Å². The number of hydrogen-bond donors (Lipinski definition) is 1. The minimum Gasteiger partial charge on any atom is -0.374 e. The molecular weight excluding hydrogens is 315 g/mol. The van der Waals surface area contributed by atoms with Crippen LogP contribution in [-0.4, -0.2) is 18.6 Å². The van der Waals surface area contributed by atoms with E-state index in [0.717, 1.165) is 12.1 Å². The van der Waals surface area contributed by atoms with Gasteiger partial charge in [0.15, 0.2) is 0 Å². The Labute approximate surface area is 116 Å². The van der Waals surface area contributed by atoms with Crippen molar-refractivity contribution in [3.05, 3.63) is 35.4 Å². The largest absolute Gasteiger partial charge is 0.416 e. The second-order valence-corrected chi connectivity index (χ2v) is 6.99. The van der Waals surface area contributed by atoms with Crippen LogP contribution in [0.4, 0.5) is 18.3 Å². The maximum atomic E-state index is 12.8. The highest BCUT2D eigenvalue weighted by Crippen LogP contribution is 2.33. The van der Waals surface area contributed by atoms with E-state index in [1.807, 2.05) is 0 Å². The van der Waals surface area contributed by atoms with E-state index in [-0.39, 0.29) is 10.7 Å². The van der Waals surface area contributed by atoms with Crippen LogP contribution in [0.25, 0.3) is 0 Å². The number of halogens is 3. The lowest BCUT2D eigenvalue weighted by molar-refractivity contribution is -0.138. The maximum absolute atomic E-state index is 12.8. The molecule has 108 valence electrons. The zero-order valence-electron chi connectivity index (χ0n) is 9.76. The molecule has 1 heterocycles. The monoisotopic (exact) mass is 323 g/mol. The molecule has 1 aromatic carbocycles. The molecule has 0 aliphatic rings. The zero-order valence-corrected chi connectivity index (χ0v) is 11.4. The molecule has 0 radical (unpaired) electrons. The Morgan fingerprint density at radius 1 is 1.20 bits per heavy atom. The predicted octanol–water partition coefficient (Wildman–Crippen LogP) is 2.11. The van der Waals surface area contributed by atoms with Crippen molar-refractivity contribution in [3.63, 3.8) is 0 Å². The molecule has 0 saturated heterocycles. The highest BCUT2D eigenvalue weighted by atomic mass is 32.2. The number of sulfone groups is 1. The van der Waals surface area contributed by atoms with Crippen molar-refractivity contribution >= 4 is 26.3 Å². The number of hydrogen-bond acceptors (Lipinski definition) is 6. The van der Waals surface area contributed by atoms with E-state index in [0.29, 0.717) is 11.3 Å². The summed E-state index contributed by atoms with van der Waals surface area (Å²) in [6.45, 7) is 0. The molecule has 2 rings (SSSR count). The third kappa shape index (κ3) is 3.07. The minimum atomic E-state index is -4.62. The molecule has 0 saturated carbocycles. The Hall–Kier alpha value is -1.68. The second kappa shape index (κ2) is 5.02. The van der Waals surface area contributed by atoms with E-state index < -0.39 is 31.7 Å². The number of anilines is 1. The van der Waals surface area contributed by atoms with Crippen LogP contribution in [0, 0.1) is 0 Å². The molecular formula is C10H8F3N3O2S2. The van der Waals surface area contributed by atoms with Crippen LogP contribution in [0.5, 0.6) is 0 Å². The molecule has 0 spiro atoms. The van der Waals surface area contributed by atoms with Gasteiger partial charge >= 0.3 is 6.18 Å². The summed E-state index contributed by atoms with van der Waals surface area (Å²) in [4.78, 5) is 0. The molecule has 0 atom stereocenters. The fourth-order valence-electron chi connectivity index (χ4n) is 1.54. The van der Waals surface area contributed by atoms with Gasteiger partial charge in [-0.05, 0) is 11.6 Å². The fraction of sp³-hybridized carbons (Fsp3) is 0.200. The lowest BCUT2D eigenvalue weighted by atomic mass is 10.1. The fourth-order valence-corrected chi connectivity index (χ4v) is 3.77. The Balaban J connectivity index is 2.40. The summed E-state index contributed by atoms with van der Waals surface area (Å²) in [5, 5.41) is 6.63. The van der Waals surface area contributed by atoms with Crippen molar-refractivity contribution in [1.82, 2.24) is 10.2 Å². The van der Waals surface area contributed by atoms with Gasteiger partial charge in [-0.3, -0.25) is 0 Å². The Morgan fingerprint density at radius 3 is 2.40 bits per heavy atom. The summed E-state index contributed by atoms with van der Waals surface area (Å²) in [6, 6.07) is 4.49. The van der Waals surface area contributed by atoms with Crippen molar-refractivity contribution in [1.29, 1.82) is 0 Å². The normalized spacial score (nSPS) is 12.6. The number of nitrogens with two attached hydrogens (primary N) is 1. The van der Waals surface area contributed by atoms with Crippen molar-refractivity contribution in [2.75, 3.05) is 5.73 Å². The lowest BCUT2D eigenvalue weighted by Crippen LogP contribution is -2.13. The van der Waals surface area contributed by atoms with Gasteiger partial charge in [-0.25, -0.2) is 8.42 Å². The molecule has 1 aromatic heterocycles. The van der Waals surface area contributed by atoms with Crippen LogP contribution >= 0.6 is 11.3 Å². The first-order valence-electron chi connectivity index (χ1n) is 5.17. The summed E-state index contributed by atoms with van der Waals surface area (Å²) in [5.41, 5.74) is 3.94. The van der Waals surface area contributed by atoms with Crippen LogP contribution < -0.4 is 5.73 Å². The molecule has 10 heteroatoms. The number of nitrogens with zero attached hydrogens (tertiary/aromatic N) is 2. The van der Waals surface area contributed by atoms with Crippen molar-refractivity contribution in [2.45, 2.75) is 16.3 Å². The Kier molecular flexibility index (Phi) is 3.69. The molecule has 20 heavy (non-hydrogen) atoms. The van der Waals surface area contributed by atoms with Crippen molar-refractivity contribution in [3.8, 4) is 0 Å². The van der Waals surface area contributed by atoms with E-state index in [1.165, 1.54) is 12.1 Å². The standard InChI is InChI=1S/C10H8F3N3O2S2/c11-10(12,13)7-4-2-1-3-6(7)5-20(17,18)9-16-15-8(14)19-9/h1-4H,5H2,(H2,14,15). The summed E-state index contributed by atoms with van der Waals surface area (Å²) in [7, 11) is -4.01. The van der Waals surface area contributed by atoms with Gasteiger partial charge in [-0.2, -0.15) is 13.2 Å². The molecule has 0 fully saturated rings. The van der Waals surface area contributed by atoms with Gasteiger partial charge in [-0.1, -0.05) is 29.5 Å². The summed E-state index contributed by atoms with van der Waals surface area (Å²) in [5.74, 6) is -0.808. The van der Waals surface area contributed by atoms with Gasteiger partial charge in [0.25, 0.3) is 0 Å². The molecule has 0 aliphatic carbocycles. The molecule has 2 N–H and O–H groups in total. The van der Waals surface area contributed by atoms with Crippen LogP contribution in [0.15, 0.2) is 28.6 Å². The van der Waals surface area contributed by atoms with Gasteiger partial charge < -0.3 is 5.73 Å². The third-order valence-corrected chi connectivity index (χ3v) is 5.22. The molecule has 2 aromatic rings. The Morgan fingerprint density at radius 2 is 1.85 bits per heavy atom. The summed E-state index contributed by atoms with van der Waals surface area (Å²) < 4.78 is 61.9. The zero-order chi connectivity index (χ0) is 15.0. The first kappa shape index (κ1) is 14.7. The van der Waals surface area contributed by atoms with Gasteiger partial charge in [0.2, 0.25) is 19.3 Å². The number of nitrogen functional groups attached to an aromatic ring is 1. The summed E-state index contributed by atoms with van der Waals surface area (Å²) >= 11 is 0.614. The van der Waals surface area contributed by atoms with Crippen molar-refractivity contribution in [2.24, 2.45) is 0 Å². The molecule has 0 amide bonds. The number of alkyl halides is 3. The van der Waals surface area contributed by atoms with Gasteiger partial charge in [0.1, 0.15) is 0 Å². The predicted molar refractivity (Wildman–Crippen MR) is 66.7 cm³/mol. The number of aromatic nitrogens is 2. The van der Waals surface area contributed by atoms with Crippen molar-refractivity contribution < 1.29 is 21.6 Å². The SMILES string of the molecule is Nc1nnc(S(=O)(=O)Cc2ccccc2C(F)(F)F)s1. The van der Waals surface area contributed by atoms with E-state index in [4.69, 9.17) is 5.73 Å². The van der Waals surface area contributed by atoms with Crippen LogP contribution in [-0.2, 0) is 21.8 Å². The highest BCUT2D eigenvalue weighted by molar-refractivity contribution is 7.92. The first-order valence-corrected chi connectivity index (χ1v) is 7.64. The number of rotatable bonds is 3. The molecule has 0 unspecified atom stereocenters. The van der Waals surface area contributed by atoms with E-state index in [9.17, 15) is 21.6 Å². The summed E-state index contributed by atoms with van der Waals surface area (Å²) in [6.07, 6.45) is -4.62. The average molecular weight is 323 g/mol. The Bertz CT molecular complexity index is 725. The molecule has 0 bridgehead atoms. The lowest BCUT2D eigenvalue weighted by Gasteiger charge is -2.11. The average Bonchev–Trinajstić information content (AvgIpc) is 2.75.